The molecule has 0 saturated heterocycles. The van der Waals surface area contributed by atoms with E-state index in [2.05, 4.69) is 31.0 Å². The highest BCUT2D eigenvalue weighted by atomic mass is 16.2. The van der Waals surface area contributed by atoms with E-state index < -0.39 is 0 Å². The topological polar surface area (TPSA) is 98.5 Å². The van der Waals surface area contributed by atoms with Gasteiger partial charge in [0.15, 0.2) is 0 Å². The van der Waals surface area contributed by atoms with E-state index in [4.69, 9.17) is 0 Å². The van der Waals surface area contributed by atoms with Gasteiger partial charge in [-0.25, -0.2) is 4.79 Å². The summed E-state index contributed by atoms with van der Waals surface area (Å²) in [5.74, 6) is 0. The molecule has 0 aromatic carbocycles. The molecule has 0 aliphatic rings. The molecular formula is C13H20N6O. The van der Waals surface area contributed by atoms with Crippen molar-refractivity contribution < 1.29 is 4.79 Å². The number of rotatable bonds is 4. The molecule has 2 aromatic rings. The van der Waals surface area contributed by atoms with Crippen LogP contribution in [0.5, 0.6) is 0 Å². The molecule has 2 aromatic heterocycles. The molecule has 0 bridgehead atoms. The van der Waals surface area contributed by atoms with E-state index in [9.17, 15) is 4.79 Å². The third kappa shape index (κ3) is 2.98. The summed E-state index contributed by atoms with van der Waals surface area (Å²) in [6, 6.07) is -0.204. The van der Waals surface area contributed by atoms with Crippen molar-refractivity contribution in [1.82, 2.24) is 31.0 Å². The number of hydrogen-bond acceptors (Lipinski definition) is 3. The summed E-state index contributed by atoms with van der Waals surface area (Å²) in [5.41, 5.74) is 5.81. The van der Waals surface area contributed by atoms with E-state index in [-0.39, 0.29) is 6.03 Å². The van der Waals surface area contributed by atoms with Crippen molar-refractivity contribution in [2.24, 2.45) is 0 Å². The van der Waals surface area contributed by atoms with Crippen LogP contribution in [0.2, 0.25) is 0 Å². The molecule has 20 heavy (non-hydrogen) atoms. The number of carbonyl (C=O) groups is 1. The first-order chi connectivity index (χ1) is 9.49. The molecule has 2 amide bonds. The van der Waals surface area contributed by atoms with Gasteiger partial charge in [-0.15, -0.1) is 0 Å². The molecule has 7 heteroatoms. The van der Waals surface area contributed by atoms with Gasteiger partial charge >= 0.3 is 6.03 Å². The highest BCUT2D eigenvalue weighted by Gasteiger charge is 2.10. The Kier molecular flexibility index (Phi) is 4.07. The predicted octanol–water partition coefficient (Wildman–Crippen LogP) is 1.37. The Labute approximate surface area is 117 Å². The normalized spacial score (nSPS) is 10.6. The molecule has 0 aliphatic heterocycles. The number of nitrogens with one attached hydrogen (secondary N) is 4. The summed E-state index contributed by atoms with van der Waals surface area (Å²) in [6.07, 6.45) is 0. The molecule has 108 valence electrons. The maximum atomic E-state index is 11.8. The zero-order valence-electron chi connectivity index (χ0n) is 12.2. The lowest BCUT2D eigenvalue weighted by Crippen LogP contribution is -2.35. The Hall–Kier alpha value is -2.31. The molecular weight excluding hydrogens is 256 g/mol. The first-order valence-electron chi connectivity index (χ1n) is 6.51. The quantitative estimate of drug-likeness (QED) is 0.678. The Bertz CT molecular complexity index is 521. The van der Waals surface area contributed by atoms with Gasteiger partial charge in [-0.2, -0.15) is 10.2 Å². The molecule has 0 fully saturated rings. The minimum Gasteiger partial charge on any atom is -0.334 e. The third-order valence-electron chi connectivity index (χ3n) is 3.41. The van der Waals surface area contributed by atoms with E-state index in [1.807, 2.05) is 27.7 Å². The van der Waals surface area contributed by atoms with Crippen molar-refractivity contribution in [3.8, 4) is 0 Å². The van der Waals surface area contributed by atoms with E-state index >= 15 is 0 Å². The van der Waals surface area contributed by atoms with Crippen LogP contribution in [0, 0.1) is 27.7 Å². The van der Waals surface area contributed by atoms with Gasteiger partial charge in [-0.05, 0) is 27.7 Å². The molecule has 0 saturated carbocycles. The number of H-pyrrole nitrogens is 2. The number of aromatic nitrogens is 4. The summed E-state index contributed by atoms with van der Waals surface area (Å²) in [7, 11) is 0. The van der Waals surface area contributed by atoms with E-state index in [0.717, 1.165) is 33.9 Å². The number of hydrogen-bond donors (Lipinski definition) is 4. The van der Waals surface area contributed by atoms with Crippen LogP contribution in [0.25, 0.3) is 0 Å². The van der Waals surface area contributed by atoms with E-state index in [0.29, 0.717) is 13.1 Å². The summed E-state index contributed by atoms with van der Waals surface area (Å²) < 4.78 is 0. The molecule has 0 atom stereocenters. The van der Waals surface area contributed by atoms with Crippen molar-refractivity contribution in [2.75, 3.05) is 0 Å². The summed E-state index contributed by atoms with van der Waals surface area (Å²) in [4.78, 5) is 11.8. The van der Waals surface area contributed by atoms with E-state index in [1.54, 1.807) is 0 Å². The molecule has 0 radical (unpaired) electrons. The number of nitrogens with zero attached hydrogens (tertiary/aromatic N) is 2. The number of aromatic amines is 2. The second-order valence-corrected chi connectivity index (χ2v) is 4.86. The molecule has 2 heterocycles. The van der Waals surface area contributed by atoms with Crippen LogP contribution in [0.3, 0.4) is 0 Å². The lowest BCUT2D eigenvalue weighted by molar-refractivity contribution is 0.240. The number of aryl methyl sites for hydroxylation is 4. The van der Waals surface area contributed by atoms with Crippen molar-refractivity contribution in [3.63, 3.8) is 0 Å². The standard InChI is InChI=1S/C13H20N6O/c1-7-11(8(2)17-16-7)5-14-13(20)15-6-12-9(3)18-19-10(12)4/h5-6H2,1-4H3,(H,16,17)(H,18,19)(H2,14,15,20). The zero-order chi connectivity index (χ0) is 14.7. The second kappa shape index (κ2) is 5.77. The Morgan fingerprint density at radius 3 is 1.60 bits per heavy atom. The maximum Gasteiger partial charge on any atom is 0.315 e. The fourth-order valence-corrected chi connectivity index (χ4v) is 2.07. The molecule has 4 N–H and O–H groups in total. The van der Waals surface area contributed by atoms with Crippen LogP contribution in [0.1, 0.15) is 33.9 Å². The fraction of sp³-hybridized carbons (Fsp3) is 0.462. The van der Waals surface area contributed by atoms with Gasteiger partial charge in [0.25, 0.3) is 0 Å². The summed E-state index contributed by atoms with van der Waals surface area (Å²) in [6.45, 7) is 8.63. The highest BCUT2D eigenvalue weighted by molar-refractivity contribution is 5.73. The third-order valence-corrected chi connectivity index (χ3v) is 3.41. The van der Waals surface area contributed by atoms with Crippen LogP contribution in [0.15, 0.2) is 0 Å². The molecule has 0 aliphatic carbocycles. The first-order valence-corrected chi connectivity index (χ1v) is 6.51. The number of urea groups is 1. The van der Waals surface area contributed by atoms with Crippen molar-refractivity contribution in [2.45, 2.75) is 40.8 Å². The minimum absolute atomic E-state index is 0.204. The van der Waals surface area contributed by atoms with Crippen molar-refractivity contribution in [3.05, 3.63) is 33.9 Å². The molecule has 0 unspecified atom stereocenters. The van der Waals surface area contributed by atoms with Crippen molar-refractivity contribution in [1.29, 1.82) is 0 Å². The van der Waals surface area contributed by atoms with Gasteiger partial charge in [0.1, 0.15) is 0 Å². The summed E-state index contributed by atoms with van der Waals surface area (Å²) >= 11 is 0. The van der Waals surface area contributed by atoms with Crippen LogP contribution < -0.4 is 10.6 Å². The van der Waals surface area contributed by atoms with E-state index in [1.165, 1.54) is 0 Å². The lowest BCUT2D eigenvalue weighted by atomic mass is 10.2. The van der Waals surface area contributed by atoms with Gasteiger partial charge in [-0.1, -0.05) is 0 Å². The second-order valence-electron chi connectivity index (χ2n) is 4.86. The molecule has 7 nitrogen and oxygen atoms in total. The van der Waals surface area contributed by atoms with Gasteiger partial charge in [0.05, 0.1) is 11.4 Å². The maximum absolute atomic E-state index is 11.8. The van der Waals surface area contributed by atoms with Gasteiger partial charge in [0.2, 0.25) is 0 Å². The van der Waals surface area contributed by atoms with Crippen LogP contribution in [-0.2, 0) is 13.1 Å². The lowest BCUT2D eigenvalue weighted by Gasteiger charge is -2.08. The minimum atomic E-state index is -0.204. The Morgan fingerprint density at radius 2 is 1.30 bits per heavy atom. The largest absolute Gasteiger partial charge is 0.334 e. The monoisotopic (exact) mass is 276 g/mol. The smallest absolute Gasteiger partial charge is 0.315 e. The molecule has 0 spiro atoms. The van der Waals surface area contributed by atoms with Crippen LogP contribution >= 0.6 is 0 Å². The Morgan fingerprint density at radius 1 is 0.900 bits per heavy atom. The SMILES string of the molecule is Cc1n[nH]c(C)c1CNC(=O)NCc1c(C)n[nH]c1C. The first kappa shape index (κ1) is 14.1. The predicted molar refractivity (Wildman–Crippen MR) is 75.2 cm³/mol. The number of carbonyl (C=O) groups excluding carboxylic acids is 1. The van der Waals surface area contributed by atoms with Gasteiger partial charge in [-0.3, -0.25) is 10.2 Å². The van der Waals surface area contributed by atoms with Crippen molar-refractivity contribution >= 4 is 6.03 Å². The fourth-order valence-electron chi connectivity index (χ4n) is 2.07. The van der Waals surface area contributed by atoms with Gasteiger partial charge < -0.3 is 10.6 Å². The van der Waals surface area contributed by atoms with Gasteiger partial charge in [0, 0.05) is 35.6 Å². The number of amides is 2. The molecule has 2 rings (SSSR count). The van der Waals surface area contributed by atoms with Crippen LogP contribution in [0.4, 0.5) is 4.79 Å². The Balaban J connectivity index is 1.85. The summed E-state index contributed by atoms with van der Waals surface area (Å²) in [5, 5.41) is 19.6. The average molecular weight is 276 g/mol. The average Bonchev–Trinajstić information content (AvgIpc) is 2.89. The van der Waals surface area contributed by atoms with Crippen LogP contribution in [-0.4, -0.2) is 26.4 Å². The highest BCUT2D eigenvalue weighted by Crippen LogP contribution is 2.09. The zero-order valence-corrected chi connectivity index (χ0v) is 12.2.